The first-order valence-corrected chi connectivity index (χ1v) is 6.23. The molecule has 0 spiro atoms. The third-order valence-corrected chi connectivity index (χ3v) is 2.88. The predicted molar refractivity (Wildman–Crippen MR) is 69.9 cm³/mol. The molecular weight excluding hydrogens is 248 g/mol. The molecule has 0 amide bonds. The van der Waals surface area contributed by atoms with Crippen molar-refractivity contribution in [3.8, 4) is 0 Å². The van der Waals surface area contributed by atoms with Crippen LogP contribution in [0.3, 0.4) is 0 Å². The van der Waals surface area contributed by atoms with Gasteiger partial charge in [-0.2, -0.15) is 5.10 Å². The number of benzene rings is 1. The summed E-state index contributed by atoms with van der Waals surface area (Å²) in [5.74, 6) is 0. The van der Waals surface area contributed by atoms with E-state index in [1.54, 1.807) is 12.3 Å². The maximum absolute atomic E-state index is 12.6. The van der Waals surface area contributed by atoms with Crippen molar-refractivity contribution in [3.05, 3.63) is 53.9 Å². The van der Waals surface area contributed by atoms with Crippen molar-refractivity contribution in [2.24, 2.45) is 0 Å². The first kappa shape index (κ1) is 13.7. The molecule has 0 fully saturated rings. The molecule has 0 aliphatic heterocycles. The summed E-state index contributed by atoms with van der Waals surface area (Å²) >= 11 is 0. The van der Waals surface area contributed by atoms with Gasteiger partial charge in [0.1, 0.15) is 0 Å². The second kappa shape index (κ2) is 6.43. The van der Waals surface area contributed by atoms with Crippen LogP contribution in [0, 0.1) is 0 Å². The van der Waals surface area contributed by atoms with Gasteiger partial charge in [0.2, 0.25) is 0 Å². The molecule has 1 aromatic heterocycles. The number of alkyl halides is 2. The number of hydrogen-bond acceptors (Lipinski definition) is 2. The smallest absolute Gasteiger partial charge is 0.263 e. The molecule has 1 unspecified atom stereocenters. The first-order chi connectivity index (χ1) is 9.15. The van der Waals surface area contributed by atoms with Crippen molar-refractivity contribution in [2.75, 3.05) is 0 Å². The van der Waals surface area contributed by atoms with Crippen LogP contribution in [0.4, 0.5) is 8.78 Å². The van der Waals surface area contributed by atoms with Crippen molar-refractivity contribution in [1.29, 1.82) is 0 Å². The molecule has 1 heterocycles. The standard InChI is InChI=1S/C14H17F2N3/c1-11(10-19-7-3-6-18-19)17-9-12-4-2-5-13(8-12)14(15)16/h2-8,11,14,17H,9-10H2,1H3. The highest BCUT2D eigenvalue weighted by molar-refractivity contribution is 5.24. The van der Waals surface area contributed by atoms with Gasteiger partial charge >= 0.3 is 0 Å². The van der Waals surface area contributed by atoms with Gasteiger partial charge in [0.15, 0.2) is 0 Å². The zero-order chi connectivity index (χ0) is 13.7. The highest BCUT2D eigenvalue weighted by Crippen LogP contribution is 2.19. The highest BCUT2D eigenvalue weighted by Gasteiger charge is 2.08. The number of aromatic nitrogens is 2. The van der Waals surface area contributed by atoms with Gasteiger partial charge in [-0.15, -0.1) is 0 Å². The van der Waals surface area contributed by atoms with Crippen molar-refractivity contribution in [2.45, 2.75) is 32.5 Å². The number of rotatable bonds is 6. The summed E-state index contributed by atoms with van der Waals surface area (Å²) in [7, 11) is 0. The molecule has 1 aromatic carbocycles. The number of hydrogen-bond donors (Lipinski definition) is 1. The molecule has 1 N–H and O–H groups in total. The molecule has 0 aliphatic carbocycles. The molecule has 3 nitrogen and oxygen atoms in total. The summed E-state index contributed by atoms with van der Waals surface area (Å²) in [5, 5.41) is 7.42. The highest BCUT2D eigenvalue weighted by atomic mass is 19.3. The SMILES string of the molecule is CC(Cn1cccn1)NCc1cccc(C(F)F)c1. The van der Waals surface area contributed by atoms with Crippen LogP contribution in [-0.4, -0.2) is 15.8 Å². The monoisotopic (exact) mass is 265 g/mol. The van der Waals surface area contributed by atoms with Crippen LogP contribution < -0.4 is 5.32 Å². The van der Waals surface area contributed by atoms with E-state index in [0.717, 1.165) is 12.1 Å². The second-order valence-electron chi connectivity index (χ2n) is 4.56. The van der Waals surface area contributed by atoms with Gasteiger partial charge in [0.05, 0.1) is 6.54 Å². The molecular formula is C14H17F2N3. The average Bonchev–Trinajstić information content (AvgIpc) is 2.89. The van der Waals surface area contributed by atoms with Crippen molar-refractivity contribution in [3.63, 3.8) is 0 Å². The third kappa shape index (κ3) is 4.13. The fourth-order valence-electron chi connectivity index (χ4n) is 1.88. The van der Waals surface area contributed by atoms with Crippen LogP contribution >= 0.6 is 0 Å². The summed E-state index contributed by atoms with van der Waals surface area (Å²) < 4.78 is 27.0. The van der Waals surface area contributed by atoms with Gasteiger partial charge in [0.25, 0.3) is 6.43 Å². The second-order valence-corrected chi connectivity index (χ2v) is 4.56. The minimum Gasteiger partial charge on any atom is -0.308 e. The predicted octanol–water partition coefficient (Wildman–Crippen LogP) is 3.00. The van der Waals surface area contributed by atoms with Crippen LogP contribution in [0.15, 0.2) is 42.7 Å². The maximum atomic E-state index is 12.6. The Bertz CT molecular complexity index is 497. The van der Waals surface area contributed by atoms with Gasteiger partial charge in [-0.05, 0) is 24.6 Å². The summed E-state index contributed by atoms with van der Waals surface area (Å²) in [6.45, 7) is 3.36. The lowest BCUT2D eigenvalue weighted by Crippen LogP contribution is -2.30. The van der Waals surface area contributed by atoms with E-state index in [-0.39, 0.29) is 11.6 Å². The lowest BCUT2D eigenvalue weighted by Gasteiger charge is -2.14. The van der Waals surface area contributed by atoms with Crippen LogP contribution in [0.5, 0.6) is 0 Å². The fraction of sp³-hybridized carbons (Fsp3) is 0.357. The number of nitrogens with one attached hydrogen (secondary N) is 1. The van der Waals surface area contributed by atoms with E-state index in [1.165, 1.54) is 12.1 Å². The molecule has 2 rings (SSSR count). The van der Waals surface area contributed by atoms with Crippen LogP contribution in [-0.2, 0) is 13.1 Å². The minimum atomic E-state index is -2.42. The Labute approximate surface area is 111 Å². The van der Waals surface area contributed by atoms with Crippen molar-refractivity contribution >= 4 is 0 Å². The van der Waals surface area contributed by atoms with Crippen molar-refractivity contribution in [1.82, 2.24) is 15.1 Å². The lowest BCUT2D eigenvalue weighted by atomic mass is 10.1. The van der Waals surface area contributed by atoms with Crippen LogP contribution in [0.25, 0.3) is 0 Å². The van der Waals surface area contributed by atoms with E-state index in [0.29, 0.717) is 6.54 Å². The molecule has 102 valence electrons. The molecule has 0 radical (unpaired) electrons. The fourth-order valence-corrected chi connectivity index (χ4v) is 1.88. The van der Waals surface area contributed by atoms with Gasteiger partial charge in [0, 0.05) is 30.5 Å². The summed E-state index contributed by atoms with van der Waals surface area (Å²) in [4.78, 5) is 0. The Morgan fingerprint density at radius 3 is 2.84 bits per heavy atom. The molecule has 0 aliphatic rings. The first-order valence-electron chi connectivity index (χ1n) is 6.23. The molecule has 2 aromatic rings. The summed E-state index contributed by atoms with van der Waals surface area (Å²) in [5.41, 5.74) is 0.934. The van der Waals surface area contributed by atoms with E-state index in [4.69, 9.17) is 0 Å². The van der Waals surface area contributed by atoms with E-state index in [9.17, 15) is 8.78 Å². The van der Waals surface area contributed by atoms with E-state index in [1.807, 2.05) is 29.9 Å². The third-order valence-electron chi connectivity index (χ3n) is 2.88. The van der Waals surface area contributed by atoms with E-state index < -0.39 is 6.43 Å². The van der Waals surface area contributed by atoms with Crippen LogP contribution in [0.1, 0.15) is 24.5 Å². The molecule has 1 atom stereocenters. The lowest BCUT2D eigenvalue weighted by molar-refractivity contribution is 0.151. The normalized spacial score (nSPS) is 12.8. The maximum Gasteiger partial charge on any atom is 0.263 e. The Kier molecular flexibility index (Phi) is 4.63. The molecule has 0 saturated heterocycles. The van der Waals surface area contributed by atoms with Gasteiger partial charge in [-0.1, -0.05) is 18.2 Å². The summed E-state index contributed by atoms with van der Waals surface area (Å²) in [6, 6.07) is 8.59. The molecule has 5 heteroatoms. The zero-order valence-electron chi connectivity index (χ0n) is 10.8. The topological polar surface area (TPSA) is 29.9 Å². The largest absolute Gasteiger partial charge is 0.308 e. The summed E-state index contributed by atoms with van der Waals surface area (Å²) in [6.07, 6.45) is 1.22. The Balaban J connectivity index is 1.86. The molecule has 0 bridgehead atoms. The molecule has 19 heavy (non-hydrogen) atoms. The zero-order valence-corrected chi connectivity index (χ0v) is 10.8. The van der Waals surface area contributed by atoms with Gasteiger partial charge < -0.3 is 5.32 Å². The van der Waals surface area contributed by atoms with E-state index in [2.05, 4.69) is 10.4 Å². The number of halogens is 2. The Hall–Kier alpha value is -1.75. The van der Waals surface area contributed by atoms with Crippen LogP contribution in [0.2, 0.25) is 0 Å². The van der Waals surface area contributed by atoms with Gasteiger partial charge in [-0.25, -0.2) is 8.78 Å². The van der Waals surface area contributed by atoms with Gasteiger partial charge in [-0.3, -0.25) is 4.68 Å². The van der Waals surface area contributed by atoms with E-state index >= 15 is 0 Å². The average molecular weight is 265 g/mol. The Morgan fingerprint density at radius 2 is 2.16 bits per heavy atom. The molecule has 0 saturated carbocycles. The Morgan fingerprint density at radius 1 is 1.32 bits per heavy atom. The quantitative estimate of drug-likeness (QED) is 0.870. The van der Waals surface area contributed by atoms with Crippen molar-refractivity contribution < 1.29 is 8.78 Å². The number of nitrogens with zero attached hydrogens (tertiary/aromatic N) is 2. The minimum absolute atomic E-state index is 0.0685.